The number of hydrogen-bond donors (Lipinski definition) is 2. The van der Waals surface area contributed by atoms with Crippen LogP contribution in [0.2, 0.25) is 0 Å². The quantitative estimate of drug-likeness (QED) is 0.692. The van der Waals surface area contributed by atoms with E-state index >= 15 is 0 Å². The summed E-state index contributed by atoms with van der Waals surface area (Å²) in [5, 5.41) is 10.7. The number of ether oxygens (including phenoxy) is 1. The predicted octanol–water partition coefficient (Wildman–Crippen LogP) is 3.74. The summed E-state index contributed by atoms with van der Waals surface area (Å²) in [5.41, 5.74) is 2.62. The molecule has 150 valence electrons. The molecule has 1 fully saturated rings. The second kappa shape index (κ2) is 8.45. The Balaban J connectivity index is 1.69. The van der Waals surface area contributed by atoms with Crippen molar-refractivity contribution in [1.82, 2.24) is 15.1 Å². The van der Waals surface area contributed by atoms with Gasteiger partial charge in [-0.25, -0.2) is 9.07 Å². The molecular weight excluding hydrogens is 371 g/mol. The number of amides is 1. The van der Waals surface area contributed by atoms with E-state index < -0.39 is 0 Å². The zero-order valence-electron chi connectivity index (χ0n) is 16.2. The van der Waals surface area contributed by atoms with E-state index in [0.717, 1.165) is 37.4 Å². The smallest absolute Gasteiger partial charge is 0.259 e. The largest absolute Gasteiger partial charge is 0.497 e. The van der Waals surface area contributed by atoms with E-state index in [-0.39, 0.29) is 17.6 Å². The summed E-state index contributed by atoms with van der Waals surface area (Å²) in [6.07, 6.45) is 3.36. The molecular formula is C22H23FN4O2. The molecule has 2 N–H and O–H groups in total. The van der Waals surface area contributed by atoms with Gasteiger partial charge in [-0.05, 0) is 68.4 Å². The number of carbonyl (C=O) groups is 1. The Hall–Kier alpha value is -3.19. The van der Waals surface area contributed by atoms with Crippen LogP contribution in [0.25, 0.3) is 5.69 Å². The van der Waals surface area contributed by atoms with E-state index in [0.29, 0.717) is 16.9 Å². The van der Waals surface area contributed by atoms with E-state index in [9.17, 15) is 9.18 Å². The van der Waals surface area contributed by atoms with Crippen molar-refractivity contribution in [3.05, 3.63) is 71.8 Å². The van der Waals surface area contributed by atoms with Crippen LogP contribution in [0.1, 0.15) is 34.8 Å². The molecule has 0 bridgehead atoms. The second-order valence-corrected chi connectivity index (χ2v) is 7.04. The molecule has 6 nitrogen and oxygen atoms in total. The van der Waals surface area contributed by atoms with Gasteiger partial charge < -0.3 is 15.4 Å². The lowest BCUT2D eigenvalue weighted by Crippen LogP contribution is -2.29. The van der Waals surface area contributed by atoms with Gasteiger partial charge in [-0.2, -0.15) is 5.10 Å². The van der Waals surface area contributed by atoms with E-state index in [1.54, 1.807) is 54.4 Å². The van der Waals surface area contributed by atoms with Crippen LogP contribution in [-0.4, -0.2) is 35.9 Å². The summed E-state index contributed by atoms with van der Waals surface area (Å²) in [5.74, 6) is 0.320. The molecule has 2 aromatic carbocycles. The minimum Gasteiger partial charge on any atom is -0.497 e. The first-order chi connectivity index (χ1) is 14.2. The van der Waals surface area contributed by atoms with Crippen molar-refractivity contribution in [2.45, 2.75) is 18.8 Å². The number of nitrogens with zero attached hydrogens (tertiary/aromatic N) is 2. The van der Waals surface area contributed by atoms with Gasteiger partial charge in [0.2, 0.25) is 0 Å². The Morgan fingerprint density at radius 3 is 2.66 bits per heavy atom. The van der Waals surface area contributed by atoms with Gasteiger partial charge in [0.1, 0.15) is 11.6 Å². The summed E-state index contributed by atoms with van der Waals surface area (Å²) in [7, 11) is 1.60. The van der Waals surface area contributed by atoms with Crippen LogP contribution in [-0.2, 0) is 0 Å². The van der Waals surface area contributed by atoms with E-state index in [2.05, 4.69) is 15.7 Å². The average Bonchev–Trinajstić information content (AvgIpc) is 3.20. The number of hydrogen-bond acceptors (Lipinski definition) is 4. The summed E-state index contributed by atoms with van der Waals surface area (Å²) >= 11 is 0. The summed E-state index contributed by atoms with van der Waals surface area (Å²) in [6.45, 7) is 1.75. The molecule has 4 rings (SSSR count). The van der Waals surface area contributed by atoms with E-state index in [1.807, 2.05) is 0 Å². The fraction of sp³-hybridized carbons (Fsp3) is 0.273. The number of anilines is 1. The van der Waals surface area contributed by atoms with Gasteiger partial charge in [0.15, 0.2) is 0 Å². The molecule has 1 aliphatic heterocycles. The minimum absolute atomic E-state index is 0.165. The lowest BCUT2D eigenvalue weighted by atomic mass is 9.91. The molecule has 0 unspecified atom stereocenters. The summed E-state index contributed by atoms with van der Waals surface area (Å²) < 4.78 is 20.7. The lowest BCUT2D eigenvalue weighted by molar-refractivity contribution is 0.102. The van der Waals surface area contributed by atoms with Gasteiger partial charge in [-0.3, -0.25) is 4.79 Å². The molecule has 1 aromatic heterocycles. The molecule has 0 spiro atoms. The third kappa shape index (κ3) is 4.14. The highest BCUT2D eigenvalue weighted by Gasteiger charge is 2.27. The highest BCUT2D eigenvalue weighted by Crippen LogP contribution is 2.31. The van der Waals surface area contributed by atoms with Crippen LogP contribution in [0.15, 0.2) is 54.7 Å². The number of methoxy groups -OCH3 is 1. The monoisotopic (exact) mass is 394 g/mol. The third-order valence-electron chi connectivity index (χ3n) is 5.18. The second-order valence-electron chi connectivity index (χ2n) is 7.04. The molecule has 7 heteroatoms. The normalized spacial score (nSPS) is 14.6. The molecule has 2 heterocycles. The van der Waals surface area contributed by atoms with Crippen LogP contribution >= 0.6 is 0 Å². The van der Waals surface area contributed by atoms with Gasteiger partial charge in [0.25, 0.3) is 5.91 Å². The Morgan fingerprint density at radius 2 is 1.97 bits per heavy atom. The van der Waals surface area contributed by atoms with Crippen molar-refractivity contribution < 1.29 is 13.9 Å². The Labute approximate surface area is 168 Å². The molecule has 0 aliphatic carbocycles. The van der Waals surface area contributed by atoms with Crippen LogP contribution in [0, 0.1) is 5.82 Å². The summed E-state index contributed by atoms with van der Waals surface area (Å²) in [6, 6.07) is 13.4. The van der Waals surface area contributed by atoms with Crippen molar-refractivity contribution in [1.29, 1.82) is 0 Å². The molecule has 29 heavy (non-hydrogen) atoms. The Bertz CT molecular complexity index is 994. The number of halogens is 1. The Kier molecular flexibility index (Phi) is 5.57. The van der Waals surface area contributed by atoms with E-state index in [4.69, 9.17) is 4.74 Å². The maximum atomic E-state index is 13.8. The van der Waals surface area contributed by atoms with Crippen LogP contribution < -0.4 is 15.4 Å². The average molecular weight is 394 g/mol. The molecule has 0 atom stereocenters. The first-order valence-corrected chi connectivity index (χ1v) is 9.65. The fourth-order valence-electron chi connectivity index (χ4n) is 3.71. The highest BCUT2D eigenvalue weighted by molar-refractivity contribution is 6.05. The molecule has 0 radical (unpaired) electrons. The van der Waals surface area contributed by atoms with Crippen LogP contribution in [0.3, 0.4) is 0 Å². The number of rotatable bonds is 5. The number of piperidine rings is 1. The van der Waals surface area contributed by atoms with Gasteiger partial charge >= 0.3 is 0 Å². The van der Waals surface area contributed by atoms with Gasteiger partial charge in [-0.1, -0.05) is 6.07 Å². The minimum atomic E-state index is -0.335. The molecule has 1 aliphatic rings. The van der Waals surface area contributed by atoms with E-state index in [1.165, 1.54) is 12.1 Å². The van der Waals surface area contributed by atoms with Gasteiger partial charge in [0.05, 0.1) is 30.3 Å². The number of nitrogens with one attached hydrogen (secondary N) is 2. The molecule has 3 aromatic rings. The van der Waals surface area contributed by atoms with Crippen molar-refractivity contribution in [2.24, 2.45) is 0 Å². The predicted molar refractivity (Wildman–Crippen MR) is 109 cm³/mol. The maximum absolute atomic E-state index is 13.8. The standard InChI is InChI=1S/C22H23FN4O2/c1-29-19-7-5-17(6-8-19)26-22(28)20-14-25-27(18-4-2-3-16(23)13-18)21(20)15-9-11-24-12-10-15/h2-8,13-15,24H,9-12H2,1H3,(H,26,28). The maximum Gasteiger partial charge on any atom is 0.259 e. The van der Waals surface area contributed by atoms with Crippen molar-refractivity contribution in [3.63, 3.8) is 0 Å². The fourth-order valence-corrected chi connectivity index (χ4v) is 3.71. The number of carbonyl (C=O) groups excluding carboxylic acids is 1. The van der Waals surface area contributed by atoms with Crippen LogP contribution in [0.5, 0.6) is 5.75 Å². The van der Waals surface area contributed by atoms with Crippen molar-refractivity contribution in [2.75, 3.05) is 25.5 Å². The van der Waals surface area contributed by atoms with Crippen molar-refractivity contribution in [3.8, 4) is 11.4 Å². The van der Waals surface area contributed by atoms with Crippen LogP contribution in [0.4, 0.5) is 10.1 Å². The molecule has 1 amide bonds. The SMILES string of the molecule is COc1ccc(NC(=O)c2cnn(-c3cccc(F)c3)c2C2CCNCC2)cc1. The number of benzene rings is 2. The highest BCUT2D eigenvalue weighted by atomic mass is 19.1. The summed E-state index contributed by atoms with van der Waals surface area (Å²) in [4.78, 5) is 13.1. The first-order valence-electron chi connectivity index (χ1n) is 9.65. The first kappa shape index (κ1) is 19.1. The zero-order chi connectivity index (χ0) is 20.2. The molecule has 0 saturated carbocycles. The lowest BCUT2D eigenvalue weighted by Gasteiger charge is -2.24. The number of aromatic nitrogens is 2. The Morgan fingerprint density at radius 1 is 1.21 bits per heavy atom. The third-order valence-corrected chi connectivity index (χ3v) is 5.18. The molecule has 1 saturated heterocycles. The van der Waals surface area contributed by atoms with Crippen molar-refractivity contribution >= 4 is 11.6 Å². The topological polar surface area (TPSA) is 68.2 Å². The zero-order valence-corrected chi connectivity index (χ0v) is 16.2. The van der Waals surface area contributed by atoms with Gasteiger partial charge in [-0.15, -0.1) is 0 Å². The van der Waals surface area contributed by atoms with Gasteiger partial charge in [0, 0.05) is 11.6 Å².